The number of hydrogen-bond acceptors (Lipinski definition) is 13. The van der Waals surface area contributed by atoms with Crippen LogP contribution in [0, 0.1) is 25.2 Å². The van der Waals surface area contributed by atoms with Gasteiger partial charge in [0.1, 0.15) is 24.4 Å². The van der Waals surface area contributed by atoms with E-state index >= 15 is 0 Å². The highest BCUT2D eigenvalue weighted by molar-refractivity contribution is 7.99. The zero-order valence-corrected chi connectivity index (χ0v) is 25.9. The molecule has 2 aromatic rings. The number of hydrogen-bond donors (Lipinski definition) is 2. The van der Waals surface area contributed by atoms with E-state index in [-0.39, 0.29) is 30.9 Å². The maximum Gasteiger partial charge on any atom is 0.323 e. The fraction of sp³-hybridized carbons (Fsp3) is 0.516. The van der Waals surface area contributed by atoms with Crippen molar-refractivity contribution >= 4 is 23.7 Å². The number of methoxy groups -OCH3 is 1. The second kappa shape index (κ2) is 10.4. The number of nitriles is 1. The number of likely N-dealkylation sites (N-methyl/N-ethyl adjacent to an activating group) is 1. The molecule has 0 aromatic heterocycles. The van der Waals surface area contributed by atoms with Crippen LogP contribution in [-0.4, -0.2) is 84.3 Å². The quantitative estimate of drug-likeness (QED) is 0.372. The van der Waals surface area contributed by atoms with Gasteiger partial charge in [0.15, 0.2) is 23.0 Å². The first-order chi connectivity index (χ1) is 21.1. The van der Waals surface area contributed by atoms with Crippen molar-refractivity contribution in [3.63, 3.8) is 0 Å². The molecule has 0 spiro atoms. The number of ether oxygens (including phenoxy) is 5. The minimum atomic E-state index is -0.890. The summed E-state index contributed by atoms with van der Waals surface area (Å²) in [5.41, 5.74) is 10.8. The summed E-state index contributed by atoms with van der Waals surface area (Å²) in [6, 6.07) is 1.36. The highest BCUT2D eigenvalue weighted by Crippen LogP contribution is 2.64. The number of carbonyl (C=O) groups is 2. The van der Waals surface area contributed by atoms with E-state index in [1.54, 1.807) is 0 Å². The second-order valence-electron chi connectivity index (χ2n) is 12.0. The molecular formula is C31H34N4O8S. The number of cyclic esters (lactones) is 1. The summed E-state index contributed by atoms with van der Waals surface area (Å²) in [7, 11) is 3.51. The van der Waals surface area contributed by atoms with Gasteiger partial charge in [-0.2, -0.15) is 5.26 Å². The summed E-state index contributed by atoms with van der Waals surface area (Å²) >= 11 is 1.44. The summed E-state index contributed by atoms with van der Waals surface area (Å²) in [5.74, 6) is 0.953. The van der Waals surface area contributed by atoms with E-state index in [1.807, 2.05) is 27.0 Å². The number of phenolic OH excluding ortho intramolecular Hbond substituents is 1. The Balaban J connectivity index is 1.56. The number of nitrogens with two attached hydrogens (primary N) is 1. The molecule has 44 heavy (non-hydrogen) atoms. The fourth-order valence-electron chi connectivity index (χ4n) is 7.98. The number of nitrogens with zero attached hydrogens (tertiary/aromatic N) is 3. The van der Waals surface area contributed by atoms with Crippen LogP contribution in [0.15, 0.2) is 6.07 Å². The zero-order valence-electron chi connectivity index (χ0n) is 25.1. The van der Waals surface area contributed by atoms with Crippen molar-refractivity contribution in [2.75, 3.05) is 33.3 Å². The van der Waals surface area contributed by atoms with Gasteiger partial charge in [-0.15, -0.1) is 11.8 Å². The molecule has 7 atom stereocenters. The molecule has 0 aliphatic carbocycles. The Labute approximate surface area is 258 Å². The summed E-state index contributed by atoms with van der Waals surface area (Å²) in [4.78, 5) is 29.8. The number of rotatable bonds is 2. The first-order valence-electron chi connectivity index (χ1n) is 14.5. The van der Waals surface area contributed by atoms with Gasteiger partial charge in [0.25, 0.3) is 0 Å². The van der Waals surface area contributed by atoms with E-state index in [0.29, 0.717) is 40.5 Å². The summed E-state index contributed by atoms with van der Waals surface area (Å²) in [5, 5.41) is 22.1. The Morgan fingerprint density at radius 2 is 1.93 bits per heavy atom. The Hall–Kier alpha value is -3.70. The molecule has 0 saturated carbocycles. The van der Waals surface area contributed by atoms with E-state index in [2.05, 4.69) is 15.9 Å². The lowest BCUT2D eigenvalue weighted by atomic mass is 9.71. The highest BCUT2D eigenvalue weighted by Gasteiger charge is 2.60. The van der Waals surface area contributed by atoms with E-state index in [1.165, 1.54) is 25.8 Å². The van der Waals surface area contributed by atoms with Crippen molar-refractivity contribution < 1.29 is 38.4 Å². The van der Waals surface area contributed by atoms with Gasteiger partial charge in [-0.25, -0.2) is 0 Å². The van der Waals surface area contributed by atoms with Crippen LogP contribution < -0.4 is 24.7 Å². The molecule has 0 amide bonds. The molecule has 13 heteroatoms. The summed E-state index contributed by atoms with van der Waals surface area (Å²) in [6.07, 6.45) is 0.522. The third kappa shape index (κ3) is 3.94. The standard InChI is InChI=1S/C31H34N4O8S/c1-12-6-15-7-17-18(8-32)35-19-9-40-31(38)16(33)10-44-30(24(35)23(34(17)4)20(15)25(37)26(12)39-5)22-21(19)29-28(41-11-42-29)13(2)27(22)43-14(3)36/h6,16-19,23-24,30,37H,7,9-11,33H2,1-5H3/t16?,17-,18-,19-,23-,24?,30+/m0/s1. The number of phenols is 1. The predicted octanol–water partition coefficient (Wildman–Crippen LogP) is 2.56. The van der Waals surface area contributed by atoms with Crippen LogP contribution in [0.5, 0.6) is 28.7 Å². The monoisotopic (exact) mass is 622 g/mol. The van der Waals surface area contributed by atoms with Crippen molar-refractivity contribution in [2.24, 2.45) is 5.73 Å². The number of aromatic hydroxyl groups is 1. The van der Waals surface area contributed by atoms with Gasteiger partial charge in [0.2, 0.25) is 6.79 Å². The molecule has 4 bridgehead atoms. The number of fused-ring (bicyclic) bond motifs is 9. The lowest BCUT2D eigenvalue weighted by Gasteiger charge is -2.61. The molecule has 3 N–H and O–H groups in total. The maximum atomic E-state index is 13.0. The Morgan fingerprint density at radius 1 is 1.18 bits per heavy atom. The minimum absolute atomic E-state index is 0.0270. The number of carbonyl (C=O) groups excluding carboxylic acids is 2. The largest absolute Gasteiger partial charge is 0.504 e. The van der Waals surface area contributed by atoms with Crippen molar-refractivity contribution in [3.05, 3.63) is 39.4 Å². The Kier molecular flexibility index (Phi) is 6.89. The lowest BCUT2D eigenvalue weighted by molar-refractivity contribution is -0.150. The van der Waals surface area contributed by atoms with Crippen LogP contribution in [0.25, 0.3) is 0 Å². The molecule has 5 heterocycles. The molecule has 2 unspecified atom stereocenters. The van der Waals surface area contributed by atoms with Crippen LogP contribution in [-0.2, 0) is 20.7 Å². The molecule has 2 aromatic carbocycles. The third-order valence-electron chi connectivity index (χ3n) is 9.69. The van der Waals surface area contributed by atoms with Crippen molar-refractivity contribution in [2.45, 2.75) is 68.7 Å². The fourth-order valence-corrected chi connectivity index (χ4v) is 9.42. The van der Waals surface area contributed by atoms with Crippen LogP contribution in [0.4, 0.5) is 0 Å². The number of esters is 2. The molecule has 0 radical (unpaired) electrons. The van der Waals surface area contributed by atoms with Crippen molar-refractivity contribution in [1.82, 2.24) is 9.80 Å². The van der Waals surface area contributed by atoms with Gasteiger partial charge in [-0.05, 0) is 38.4 Å². The first kappa shape index (κ1) is 29.0. The molecule has 232 valence electrons. The van der Waals surface area contributed by atoms with Crippen molar-refractivity contribution in [1.29, 1.82) is 5.26 Å². The van der Waals surface area contributed by atoms with E-state index in [0.717, 1.165) is 22.3 Å². The average Bonchev–Trinajstić information content (AvgIpc) is 3.47. The Morgan fingerprint density at radius 3 is 2.64 bits per heavy atom. The van der Waals surface area contributed by atoms with E-state index in [4.69, 9.17) is 29.4 Å². The van der Waals surface area contributed by atoms with Gasteiger partial charge >= 0.3 is 11.9 Å². The van der Waals surface area contributed by atoms with Gasteiger partial charge in [0, 0.05) is 47.0 Å². The average molecular weight is 623 g/mol. The normalized spacial score (nSPS) is 30.4. The maximum absolute atomic E-state index is 13.0. The van der Waals surface area contributed by atoms with Gasteiger partial charge < -0.3 is 34.5 Å². The van der Waals surface area contributed by atoms with Gasteiger partial charge in [0.05, 0.1) is 30.5 Å². The molecule has 5 aliphatic rings. The number of aryl methyl sites for hydroxylation is 1. The molecule has 5 aliphatic heterocycles. The van der Waals surface area contributed by atoms with Crippen LogP contribution in [0.1, 0.15) is 57.6 Å². The second-order valence-corrected chi connectivity index (χ2v) is 13.2. The lowest BCUT2D eigenvalue weighted by Crippen LogP contribution is -2.69. The van der Waals surface area contributed by atoms with Gasteiger partial charge in [-0.1, -0.05) is 6.07 Å². The molecule has 2 saturated heterocycles. The smallest absolute Gasteiger partial charge is 0.323 e. The van der Waals surface area contributed by atoms with E-state index in [9.17, 15) is 20.0 Å². The number of thioether (sulfide) groups is 1. The van der Waals surface area contributed by atoms with E-state index < -0.39 is 47.4 Å². The van der Waals surface area contributed by atoms with Crippen LogP contribution in [0.3, 0.4) is 0 Å². The number of benzene rings is 2. The number of piperazine rings is 1. The highest BCUT2D eigenvalue weighted by atomic mass is 32.2. The van der Waals surface area contributed by atoms with Crippen LogP contribution in [0.2, 0.25) is 0 Å². The van der Waals surface area contributed by atoms with Crippen molar-refractivity contribution in [3.8, 4) is 34.8 Å². The molecule has 12 nitrogen and oxygen atoms in total. The SMILES string of the molecule is COc1c(C)cc2c(c1O)[C@H]1C3[C@@H]4SCC(N)C(=O)OC[C@@H](c5c6c(c(C)c(OC(C)=O)c54)OCO6)N3[C@@H](C#N)[C@H](C2)N1C. The van der Waals surface area contributed by atoms with Crippen LogP contribution >= 0.6 is 11.8 Å². The topological polar surface area (TPSA) is 157 Å². The predicted molar refractivity (Wildman–Crippen MR) is 158 cm³/mol. The minimum Gasteiger partial charge on any atom is -0.504 e. The molecule has 7 rings (SSSR count). The first-order valence-corrected chi connectivity index (χ1v) is 15.6. The summed E-state index contributed by atoms with van der Waals surface area (Å²) < 4.78 is 29.4. The summed E-state index contributed by atoms with van der Waals surface area (Å²) in [6.45, 7) is 4.93. The molecular weight excluding hydrogens is 588 g/mol. The Bertz CT molecular complexity index is 1640. The third-order valence-corrected chi connectivity index (χ3v) is 11.1. The zero-order chi connectivity index (χ0) is 31.2. The molecule has 2 fully saturated rings. The van der Waals surface area contributed by atoms with Gasteiger partial charge in [-0.3, -0.25) is 19.4 Å².